The molecule has 16 heavy (non-hydrogen) atoms. The van der Waals surface area contributed by atoms with Gasteiger partial charge in [-0.1, -0.05) is 24.8 Å². The smallest absolute Gasteiger partial charge is 0.0884 e. The normalized spacial score (nSPS) is 12.6. The topological polar surface area (TPSA) is 64.4 Å². The van der Waals surface area contributed by atoms with Gasteiger partial charge >= 0.3 is 0 Å². The van der Waals surface area contributed by atoms with Crippen LogP contribution in [0.1, 0.15) is 19.4 Å². The molecule has 1 aromatic carbocycles. The van der Waals surface area contributed by atoms with Gasteiger partial charge in [-0.15, -0.1) is 0 Å². The molecule has 0 saturated carbocycles. The molecular weight excluding hydrogens is 198 g/mol. The average molecular weight is 215 g/mol. The van der Waals surface area contributed by atoms with Gasteiger partial charge in [-0.2, -0.15) is 0 Å². The molecule has 0 radical (unpaired) electrons. The van der Waals surface area contributed by atoms with Gasteiger partial charge in [-0.25, -0.2) is 0 Å². The van der Waals surface area contributed by atoms with E-state index in [0.717, 1.165) is 11.1 Å². The maximum atomic E-state index is 5.90. The van der Waals surface area contributed by atoms with Crippen molar-refractivity contribution in [2.45, 2.75) is 13.8 Å². The monoisotopic (exact) mass is 215 g/mol. The van der Waals surface area contributed by atoms with Gasteiger partial charge in [0.2, 0.25) is 0 Å². The Balaban J connectivity index is 3.35. The number of aliphatic imine (C=N–C) groups is 1. The van der Waals surface area contributed by atoms with Crippen molar-refractivity contribution in [2.24, 2.45) is 10.7 Å². The number of nitrogens with two attached hydrogens (primary N) is 2. The van der Waals surface area contributed by atoms with Crippen molar-refractivity contribution in [1.82, 2.24) is 0 Å². The van der Waals surface area contributed by atoms with Crippen LogP contribution < -0.4 is 11.5 Å². The molecule has 0 aliphatic rings. The molecule has 4 N–H and O–H groups in total. The molecule has 0 aliphatic heterocycles. The molecule has 0 saturated heterocycles. The number of allylic oxidation sites excluding steroid dienone is 1. The van der Waals surface area contributed by atoms with Crippen molar-refractivity contribution >= 4 is 17.5 Å². The van der Waals surface area contributed by atoms with E-state index in [1.54, 1.807) is 6.21 Å². The van der Waals surface area contributed by atoms with Gasteiger partial charge in [0, 0.05) is 17.5 Å². The summed E-state index contributed by atoms with van der Waals surface area (Å²) in [6, 6.07) is 7.62. The van der Waals surface area contributed by atoms with Gasteiger partial charge in [0.15, 0.2) is 0 Å². The van der Waals surface area contributed by atoms with Crippen molar-refractivity contribution in [2.75, 3.05) is 5.73 Å². The summed E-state index contributed by atoms with van der Waals surface area (Å²) in [6.07, 6.45) is 1.69. The van der Waals surface area contributed by atoms with Gasteiger partial charge in [0.1, 0.15) is 0 Å². The summed E-state index contributed by atoms with van der Waals surface area (Å²) in [4.78, 5) is 4.22. The second kappa shape index (κ2) is 5.16. The predicted octanol–water partition coefficient (Wildman–Crippen LogP) is 2.56. The summed E-state index contributed by atoms with van der Waals surface area (Å²) < 4.78 is 0. The standard InChI is InChI=1S/C13H17N3/c1-4-16-13(10(3)14)9(2)11-7-5-6-8-12(11)15/h4-8H,3,14-15H2,1-2H3/b13-9+,16-4-. The molecule has 0 aromatic heterocycles. The molecule has 0 atom stereocenters. The summed E-state index contributed by atoms with van der Waals surface area (Å²) in [5, 5.41) is 0. The third-order valence-electron chi connectivity index (χ3n) is 2.28. The predicted molar refractivity (Wildman–Crippen MR) is 70.9 cm³/mol. The highest BCUT2D eigenvalue weighted by Gasteiger charge is 2.07. The van der Waals surface area contributed by atoms with E-state index in [1.165, 1.54) is 0 Å². The number of hydrogen-bond donors (Lipinski definition) is 2. The summed E-state index contributed by atoms with van der Waals surface area (Å²) in [7, 11) is 0. The molecule has 0 bridgehead atoms. The SMILES string of the molecule is C=C(N)C(/N=C\C)=C(/C)c1ccccc1N. The maximum absolute atomic E-state index is 5.90. The van der Waals surface area contributed by atoms with Crippen molar-refractivity contribution in [1.29, 1.82) is 0 Å². The number of rotatable bonds is 3. The van der Waals surface area contributed by atoms with Gasteiger partial charge < -0.3 is 11.5 Å². The Morgan fingerprint density at radius 2 is 2.00 bits per heavy atom. The van der Waals surface area contributed by atoms with Gasteiger partial charge in [0.05, 0.1) is 11.4 Å². The van der Waals surface area contributed by atoms with Gasteiger partial charge in [0.25, 0.3) is 0 Å². The third kappa shape index (κ3) is 2.51. The minimum absolute atomic E-state index is 0.443. The van der Waals surface area contributed by atoms with E-state index in [-0.39, 0.29) is 0 Å². The van der Waals surface area contributed by atoms with Crippen molar-refractivity contribution in [3.8, 4) is 0 Å². The van der Waals surface area contributed by atoms with Crippen LogP contribution in [0.25, 0.3) is 5.57 Å². The van der Waals surface area contributed by atoms with E-state index < -0.39 is 0 Å². The molecule has 0 fully saturated rings. The number of nitrogen functional groups attached to an aromatic ring is 1. The summed E-state index contributed by atoms with van der Waals surface area (Å²) in [6.45, 7) is 7.49. The first-order valence-electron chi connectivity index (χ1n) is 5.07. The Bertz CT molecular complexity index is 456. The first kappa shape index (κ1) is 12.0. The second-order valence-electron chi connectivity index (χ2n) is 3.47. The zero-order valence-electron chi connectivity index (χ0n) is 9.70. The number of hydrogen-bond acceptors (Lipinski definition) is 3. The van der Waals surface area contributed by atoms with Crippen LogP contribution in [0.15, 0.2) is 47.2 Å². The van der Waals surface area contributed by atoms with E-state index in [9.17, 15) is 0 Å². The second-order valence-corrected chi connectivity index (χ2v) is 3.47. The molecule has 1 aromatic rings. The van der Waals surface area contributed by atoms with Crippen molar-refractivity contribution in [3.05, 3.63) is 47.8 Å². The lowest BCUT2D eigenvalue weighted by Gasteiger charge is -2.10. The van der Waals surface area contributed by atoms with Crippen LogP contribution in [0.5, 0.6) is 0 Å². The number of para-hydroxylation sites is 1. The third-order valence-corrected chi connectivity index (χ3v) is 2.28. The fraction of sp³-hybridized carbons (Fsp3) is 0.154. The fourth-order valence-corrected chi connectivity index (χ4v) is 1.52. The van der Waals surface area contributed by atoms with E-state index in [1.807, 2.05) is 38.1 Å². The minimum atomic E-state index is 0.443. The first-order chi connectivity index (χ1) is 7.57. The maximum Gasteiger partial charge on any atom is 0.0884 e. The fourth-order valence-electron chi connectivity index (χ4n) is 1.52. The number of anilines is 1. The lowest BCUT2D eigenvalue weighted by molar-refractivity contribution is 1.25. The Kier molecular flexibility index (Phi) is 3.89. The van der Waals surface area contributed by atoms with Crippen LogP contribution in [-0.4, -0.2) is 6.21 Å². The summed E-state index contributed by atoms with van der Waals surface area (Å²) in [5.41, 5.74) is 15.3. The first-order valence-corrected chi connectivity index (χ1v) is 5.07. The molecule has 0 spiro atoms. The van der Waals surface area contributed by atoms with E-state index in [4.69, 9.17) is 11.5 Å². The van der Waals surface area contributed by atoms with Crippen molar-refractivity contribution in [3.63, 3.8) is 0 Å². The van der Waals surface area contributed by atoms with Crippen LogP contribution in [-0.2, 0) is 0 Å². The molecule has 84 valence electrons. The highest BCUT2D eigenvalue weighted by atomic mass is 14.8. The summed E-state index contributed by atoms with van der Waals surface area (Å²) >= 11 is 0. The Labute approximate surface area is 96.2 Å². The molecule has 1 rings (SSSR count). The van der Waals surface area contributed by atoms with E-state index in [2.05, 4.69) is 11.6 Å². The Hall–Kier alpha value is -2.03. The average Bonchev–Trinajstić information content (AvgIpc) is 2.25. The van der Waals surface area contributed by atoms with E-state index >= 15 is 0 Å². The quantitative estimate of drug-likeness (QED) is 0.462. The molecule has 0 aliphatic carbocycles. The number of benzene rings is 1. The highest BCUT2D eigenvalue weighted by molar-refractivity contribution is 5.79. The van der Waals surface area contributed by atoms with E-state index in [0.29, 0.717) is 17.1 Å². The summed E-state index contributed by atoms with van der Waals surface area (Å²) in [5.74, 6) is 0. The zero-order valence-corrected chi connectivity index (χ0v) is 9.70. The van der Waals surface area contributed by atoms with Crippen LogP contribution in [0, 0.1) is 0 Å². The molecule has 3 nitrogen and oxygen atoms in total. The lowest BCUT2D eigenvalue weighted by Crippen LogP contribution is -2.01. The van der Waals surface area contributed by atoms with Crippen LogP contribution >= 0.6 is 0 Å². The highest BCUT2D eigenvalue weighted by Crippen LogP contribution is 2.26. The van der Waals surface area contributed by atoms with Gasteiger partial charge in [-0.05, 0) is 25.5 Å². The Morgan fingerprint density at radius 1 is 1.38 bits per heavy atom. The molecular formula is C13H17N3. The largest absolute Gasteiger partial charge is 0.398 e. The molecule has 3 heteroatoms. The van der Waals surface area contributed by atoms with Crippen LogP contribution in [0.3, 0.4) is 0 Å². The van der Waals surface area contributed by atoms with Crippen molar-refractivity contribution < 1.29 is 0 Å². The molecule has 0 amide bonds. The Morgan fingerprint density at radius 3 is 2.50 bits per heavy atom. The lowest BCUT2D eigenvalue weighted by atomic mass is 10.0. The molecule has 0 unspecified atom stereocenters. The zero-order chi connectivity index (χ0) is 12.1. The van der Waals surface area contributed by atoms with Crippen LogP contribution in [0.4, 0.5) is 5.69 Å². The van der Waals surface area contributed by atoms with Crippen LogP contribution in [0.2, 0.25) is 0 Å². The molecule has 0 heterocycles. The minimum Gasteiger partial charge on any atom is -0.398 e. The number of nitrogens with zero attached hydrogens (tertiary/aromatic N) is 1. The van der Waals surface area contributed by atoms with Gasteiger partial charge in [-0.3, -0.25) is 4.99 Å².